The minimum absolute atomic E-state index is 0.00789. The summed E-state index contributed by atoms with van der Waals surface area (Å²) in [5.41, 5.74) is 2.60. The first-order valence-electron chi connectivity index (χ1n) is 9.12. The normalized spacial score (nSPS) is 21.4. The Hall–Kier alpha value is -1.97. The molecule has 1 N–H and O–H groups in total. The van der Waals surface area contributed by atoms with Crippen LogP contribution in [-0.2, 0) is 9.59 Å². The molecule has 0 saturated carbocycles. The minimum Gasteiger partial charge on any atom is -0.325 e. The Labute approximate surface area is 144 Å². The van der Waals surface area contributed by atoms with E-state index in [1.807, 2.05) is 18.2 Å². The zero-order valence-corrected chi connectivity index (χ0v) is 15.0. The number of hydrogen-bond acceptors (Lipinski definition) is 2. The van der Waals surface area contributed by atoms with Crippen molar-refractivity contribution >= 4 is 17.5 Å². The molecule has 4 nitrogen and oxygen atoms in total. The molecule has 2 amide bonds. The van der Waals surface area contributed by atoms with Crippen LogP contribution in [0.3, 0.4) is 0 Å². The van der Waals surface area contributed by atoms with Crippen LogP contribution in [-0.4, -0.2) is 17.5 Å². The van der Waals surface area contributed by atoms with Gasteiger partial charge in [0, 0.05) is 23.6 Å². The summed E-state index contributed by atoms with van der Waals surface area (Å²) in [5, 5.41) is 2.89. The molecule has 130 valence electrons. The number of aliphatic imine (C=N–C) groups is 1. The standard InChI is InChI=1S/C20H28N2O2/c1-4-7-14(8-5-2)20(24)21-16-10-11-17-15(9-6-3)12-19(23)22-18(17)13-16/h10-14,17H,4-9H2,1-3H3,(H,22,23). The SMILES string of the molecule is CCCC1=CC(=O)NC2=CC(=NC(=O)C(CCC)CCC)C=CC12. The highest BCUT2D eigenvalue weighted by molar-refractivity contribution is 6.11. The lowest BCUT2D eigenvalue weighted by Gasteiger charge is -2.27. The average molecular weight is 328 g/mol. The minimum atomic E-state index is -0.0863. The molecule has 0 spiro atoms. The van der Waals surface area contributed by atoms with Crippen molar-refractivity contribution in [1.82, 2.24) is 5.32 Å². The smallest absolute Gasteiger partial charge is 0.249 e. The van der Waals surface area contributed by atoms with E-state index in [0.29, 0.717) is 5.71 Å². The third-order valence-electron chi connectivity index (χ3n) is 4.48. The van der Waals surface area contributed by atoms with Crippen LogP contribution in [0, 0.1) is 11.8 Å². The van der Waals surface area contributed by atoms with E-state index < -0.39 is 0 Å². The second-order valence-electron chi connectivity index (χ2n) is 6.54. The quantitative estimate of drug-likeness (QED) is 0.765. The Morgan fingerprint density at radius 2 is 1.88 bits per heavy atom. The van der Waals surface area contributed by atoms with E-state index in [9.17, 15) is 9.59 Å². The number of nitrogens with one attached hydrogen (secondary N) is 1. The van der Waals surface area contributed by atoms with Gasteiger partial charge in [-0.1, -0.05) is 51.7 Å². The van der Waals surface area contributed by atoms with E-state index in [4.69, 9.17) is 0 Å². The first kappa shape index (κ1) is 18.4. The maximum Gasteiger partial charge on any atom is 0.249 e. The van der Waals surface area contributed by atoms with Gasteiger partial charge in [0.25, 0.3) is 0 Å². The van der Waals surface area contributed by atoms with Crippen LogP contribution in [0.5, 0.6) is 0 Å². The first-order chi connectivity index (χ1) is 11.6. The molecule has 2 rings (SSSR count). The fourth-order valence-corrected chi connectivity index (χ4v) is 3.36. The van der Waals surface area contributed by atoms with Gasteiger partial charge in [-0.2, -0.15) is 0 Å². The van der Waals surface area contributed by atoms with Crippen LogP contribution in [0.25, 0.3) is 0 Å². The van der Waals surface area contributed by atoms with Crippen molar-refractivity contribution in [3.63, 3.8) is 0 Å². The zero-order chi connectivity index (χ0) is 17.5. The Balaban J connectivity index is 2.18. The van der Waals surface area contributed by atoms with E-state index >= 15 is 0 Å². The number of amides is 2. The summed E-state index contributed by atoms with van der Waals surface area (Å²) in [6, 6.07) is 0. The van der Waals surface area contributed by atoms with Crippen molar-refractivity contribution < 1.29 is 9.59 Å². The van der Waals surface area contributed by atoms with Gasteiger partial charge in [-0.05, 0) is 31.4 Å². The lowest BCUT2D eigenvalue weighted by molar-refractivity contribution is -0.122. The highest BCUT2D eigenvalue weighted by Gasteiger charge is 2.26. The number of fused-ring (bicyclic) bond motifs is 1. The van der Waals surface area contributed by atoms with Gasteiger partial charge in [-0.25, -0.2) is 4.99 Å². The molecule has 1 aliphatic heterocycles. The topological polar surface area (TPSA) is 58.5 Å². The number of nitrogens with zero attached hydrogens (tertiary/aromatic N) is 1. The molecule has 0 fully saturated rings. The van der Waals surface area contributed by atoms with Crippen molar-refractivity contribution in [3.05, 3.63) is 35.6 Å². The van der Waals surface area contributed by atoms with Crippen LogP contribution >= 0.6 is 0 Å². The molecule has 1 heterocycles. The highest BCUT2D eigenvalue weighted by atomic mass is 16.2. The molecule has 0 bridgehead atoms. The molecular weight excluding hydrogens is 300 g/mol. The lowest BCUT2D eigenvalue weighted by atomic mass is 9.85. The Bertz CT molecular complexity index is 605. The number of rotatable bonds is 7. The molecule has 0 aromatic rings. The van der Waals surface area contributed by atoms with E-state index in [1.165, 1.54) is 0 Å². The molecule has 4 heteroatoms. The largest absolute Gasteiger partial charge is 0.325 e. The Morgan fingerprint density at radius 3 is 2.50 bits per heavy atom. The number of carbonyl (C=O) groups excluding carboxylic acids is 2. The molecule has 1 atom stereocenters. The van der Waals surface area contributed by atoms with E-state index in [0.717, 1.165) is 49.8 Å². The fraction of sp³-hybridized carbons (Fsp3) is 0.550. The van der Waals surface area contributed by atoms with Crippen molar-refractivity contribution in [2.75, 3.05) is 0 Å². The van der Waals surface area contributed by atoms with Gasteiger partial charge in [0.1, 0.15) is 0 Å². The van der Waals surface area contributed by atoms with E-state index in [2.05, 4.69) is 31.1 Å². The summed E-state index contributed by atoms with van der Waals surface area (Å²) in [4.78, 5) is 28.6. The van der Waals surface area contributed by atoms with Crippen molar-refractivity contribution in [1.29, 1.82) is 0 Å². The van der Waals surface area contributed by atoms with Gasteiger partial charge < -0.3 is 5.32 Å². The van der Waals surface area contributed by atoms with E-state index in [1.54, 1.807) is 6.08 Å². The van der Waals surface area contributed by atoms with Gasteiger partial charge in [0.05, 0.1) is 5.71 Å². The van der Waals surface area contributed by atoms with Crippen molar-refractivity contribution in [3.8, 4) is 0 Å². The molecule has 0 aromatic heterocycles. The van der Waals surface area contributed by atoms with Crippen LogP contribution < -0.4 is 5.32 Å². The van der Waals surface area contributed by atoms with Crippen LogP contribution in [0.4, 0.5) is 0 Å². The van der Waals surface area contributed by atoms with Crippen LogP contribution in [0.15, 0.2) is 40.6 Å². The molecule has 24 heavy (non-hydrogen) atoms. The van der Waals surface area contributed by atoms with Gasteiger partial charge >= 0.3 is 0 Å². The second kappa shape index (κ2) is 8.76. The summed E-state index contributed by atoms with van der Waals surface area (Å²) >= 11 is 0. The maximum absolute atomic E-state index is 12.4. The molecular formula is C20H28N2O2. The van der Waals surface area contributed by atoms with Crippen LogP contribution in [0.2, 0.25) is 0 Å². The first-order valence-corrected chi connectivity index (χ1v) is 9.12. The Kier molecular flexibility index (Phi) is 6.71. The molecule has 1 unspecified atom stereocenters. The summed E-state index contributed by atoms with van der Waals surface area (Å²) < 4.78 is 0. The molecule has 0 radical (unpaired) electrons. The number of hydrogen-bond donors (Lipinski definition) is 1. The third-order valence-corrected chi connectivity index (χ3v) is 4.48. The number of allylic oxidation sites excluding steroid dienone is 3. The summed E-state index contributed by atoms with van der Waals surface area (Å²) in [7, 11) is 0. The summed E-state index contributed by atoms with van der Waals surface area (Å²) in [6.07, 6.45) is 13.1. The van der Waals surface area contributed by atoms with Crippen molar-refractivity contribution in [2.24, 2.45) is 16.8 Å². The summed E-state index contributed by atoms with van der Waals surface area (Å²) in [5.74, 6) is -0.0100. The predicted octanol–water partition coefficient (Wildman–Crippen LogP) is 4.10. The monoisotopic (exact) mass is 328 g/mol. The van der Waals surface area contributed by atoms with Gasteiger partial charge in [-0.3, -0.25) is 9.59 Å². The predicted molar refractivity (Wildman–Crippen MR) is 97.6 cm³/mol. The Morgan fingerprint density at radius 1 is 1.17 bits per heavy atom. The molecule has 0 aromatic carbocycles. The number of carbonyl (C=O) groups is 2. The van der Waals surface area contributed by atoms with Gasteiger partial charge in [0.15, 0.2) is 0 Å². The molecule has 2 aliphatic rings. The third kappa shape index (κ3) is 4.53. The van der Waals surface area contributed by atoms with E-state index in [-0.39, 0.29) is 23.7 Å². The second-order valence-corrected chi connectivity index (χ2v) is 6.54. The fourth-order valence-electron chi connectivity index (χ4n) is 3.36. The summed E-state index contributed by atoms with van der Waals surface area (Å²) in [6.45, 7) is 6.29. The van der Waals surface area contributed by atoms with Crippen LogP contribution in [0.1, 0.15) is 59.3 Å². The maximum atomic E-state index is 12.4. The van der Waals surface area contributed by atoms with Crippen molar-refractivity contribution in [2.45, 2.75) is 59.3 Å². The molecule has 0 saturated heterocycles. The lowest BCUT2D eigenvalue weighted by Crippen LogP contribution is -2.33. The van der Waals surface area contributed by atoms with Gasteiger partial charge in [0.2, 0.25) is 11.8 Å². The van der Waals surface area contributed by atoms with Gasteiger partial charge in [-0.15, -0.1) is 0 Å². The highest BCUT2D eigenvalue weighted by Crippen LogP contribution is 2.30. The zero-order valence-electron chi connectivity index (χ0n) is 15.0. The average Bonchev–Trinajstić information content (AvgIpc) is 2.54. The molecule has 1 aliphatic carbocycles.